The van der Waals surface area contributed by atoms with Gasteiger partial charge in [-0.05, 0) is 25.0 Å². The van der Waals surface area contributed by atoms with Gasteiger partial charge in [0.15, 0.2) is 0 Å². The molecular weight excluding hydrogens is 212 g/mol. The van der Waals surface area contributed by atoms with Gasteiger partial charge >= 0.3 is 0 Å². The number of pyridine rings is 1. The Morgan fingerprint density at radius 3 is 2.87 bits per heavy atom. The SMILES string of the molecule is COCC(C)CNc1ccc(Cl)nc1C. The number of nitrogens with zero attached hydrogens (tertiary/aromatic N) is 1. The van der Waals surface area contributed by atoms with E-state index in [1.54, 1.807) is 13.2 Å². The van der Waals surface area contributed by atoms with Gasteiger partial charge in [0.05, 0.1) is 18.0 Å². The summed E-state index contributed by atoms with van der Waals surface area (Å²) in [5.74, 6) is 0.477. The van der Waals surface area contributed by atoms with Gasteiger partial charge in [-0.15, -0.1) is 0 Å². The molecule has 4 heteroatoms. The fourth-order valence-corrected chi connectivity index (χ4v) is 1.53. The summed E-state index contributed by atoms with van der Waals surface area (Å²) in [6.07, 6.45) is 0. The molecule has 1 heterocycles. The molecule has 0 spiro atoms. The molecule has 15 heavy (non-hydrogen) atoms. The maximum atomic E-state index is 5.77. The third-order valence-electron chi connectivity index (χ3n) is 2.14. The van der Waals surface area contributed by atoms with Gasteiger partial charge in [-0.25, -0.2) is 4.98 Å². The van der Waals surface area contributed by atoms with E-state index in [4.69, 9.17) is 16.3 Å². The molecule has 0 saturated carbocycles. The Morgan fingerprint density at radius 1 is 1.53 bits per heavy atom. The Kier molecular flexibility index (Phi) is 4.85. The summed E-state index contributed by atoms with van der Waals surface area (Å²) in [5.41, 5.74) is 1.95. The lowest BCUT2D eigenvalue weighted by Gasteiger charge is -2.13. The number of hydrogen-bond acceptors (Lipinski definition) is 3. The molecule has 0 aliphatic carbocycles. The Balaban J connectivity index is 2.50. The molecule has 84 valence electrons. The highest BCUT2D eigenvalue weighted by Crippen LogP contribution is 2.15. The van der Waals surface area contributed by atoms with Crippen molar-refractivity contribution in [2.45, 2.75) is 13.8 Å². The van der Waals surface area contributed by atoms with Gasteiger partial charge in [-0.2, -0.15) is 0 Å². The standard InChI is InChI=1S/C11H17ClN2O/c1-8(7-15-3)6-13-10-4-5-11(12)14-9(10)2/h4-5,8,13H,6-7H2,1-3H3. The van der Waals surface area contributed by atoms with Crippen molar-refractivity contribution < 1.29 is 4.74 Å². The van der Waals surface area contributed by atoms with Gasteiger partial charge in [-0.3, -0.25) is 0 Å². The molecule has 0 amide bonds. The Bertz CT molecular complexity index is 317. The van der Waals surface area contributed by atoms with Crippen LogP contribution in [0.2, 0.25) is 5.15 Å². The summed E-state index contributed by atoms with van der Waals surface area (Å²) in [4.78, 5) is 4.17. The molecule has 0 aliphatic rings. The Hall–Kier alpha value is -0.800. The lowest BCUT2D eigenvalue weighted by molar-refractivity contribution is 0.164. The monoisotopic (exact) mass is 228 g/mol. The number of anilines is 1. The molecule has 1 atom stereocenters. The normalized spacial score (nSPS) is 12.5. The lowest BCUT2D eigenvalue weighted by atomic mass is 10.2. The molecule has 3 nitrogen and oxygen atoms in total. The second-order valence-electron chi connectivity index (χ2n) is 3.71. The van der Waals surface area contributed by atoms with E-state index in [1.807, 2.05) is 13.0 Å². The van der Waals surface area contributed by atoms with Crippen LogP contribution in [0.15, 0.2) is 12.1 Å². The molecule has 1 aromatic heterocycles. The molecule has 0 fully saturated rings. The quantitative estimate of drug-likeness (QED) is 0.787. The van der Waals surface area contributed by atoms with Gasteiger partial charge < -0.3 is 10.1 Å². The first kappa shape index (κ1) is 12.3. The zero-order chi connectivity index (χ0) is 11.3. The van der Waals surface area contributed by atoms with Crippen LogP contribution in [0.3, 0.4) is 0 Å². The fraction of sp³-hybridized carbons (Fsp3) is 0.545. The van der Waals surface area contributed by atoms with Crippen LogP contribution in [0, 0.1) is 12.8 Å². The number of rotatable bonds is 5. The molecule has 0 aromatic carbocycles. The van der Waals surface area contributed by atoms with Gasteiger partial charge in [0.2, 0.25) is 0 Å². The van der Waals surface area contributed by atoms with Crippen molar-refractivity contribution in [1.82, 2.24) is 4.98 Å². The molecule has 1 unspecified atom stereocenters. The van der Waals surface area contributed by atoms with Gasteiger partial charge in [-0.1, -0.05) is 18.5 Å². The molecule has 1 aromatic rings. The van der Waals surface area contributed by atoms with E-state index < -0.39 is 0 Å². The van der Waals surface area contributed by atoms with Crippen molar-refractivity contribution >= 4 is 17.3 Å². The highest BCUT2D eigenvalue weighted by atomic mass is 35.5. The Morgan fingerprint density at radius 2 is 2.27 bits per heavy atom. The fourth-order valence-electron chi connectivity index (χ4n) is 1.34. The van der Waals surface area contributed by atoms with Crippen LogP contribution in [-0.2, 0) is 4.74 Å². The average Bonchev–Trinajstić information content (AvgIpc) is 2.17. The van der Waals surface area contributed by atoms with Crippen LogP contribution in [0.5, 0.6) is 0 Å². The number of halogens is 1. The van der Waals surface area contributed by atoms with E-state index in [9.17, 15) is 0 Å². The van der Waals surface area contributed by atoms with Crippen molar-refractivity contribution in [2.75, 3.05) is 25.6 Å². The second kappa shape index (κ2) is 5.93. The van der Waals surface area contributed by atoms with Crippen molar-refractivity contribution in [2.24, 2.45) is 5.92 Å². The molecule has 0 saturated heterocycles. The van der Waals surface area contributed by atoms with Crippen molar-refractivity contribution in [3.8, 4) is 0 Å². The smallest absolute Gasteiger partial charge is 0.129 e. The molecule has 1 rings (SSSR count). The van der Waals surface area contributed by atoms with Crippen molar-refractivity contribution in [3.05, 3.63) is 23.0 Å². The summed E-state index contributed by atoms with van der Waals surface area (Å²) < 4.78 is 5.06. The van der Waals surface area contributed by atoms with Crippen LogP contribution in [-0.4, -0.2) is 25.2 Å². The topological polar surface area (TPSA) is 34.1 Å². The first-order chi connectivity index (χ1) is 7.13. The predicted molar refractivity (Wildman–Crippen MR) is 63.5 cm³/mol. The second-order valence-corrected chi connectivity index (χ2v) is 4.10. The highest BCUT2D eigenvalue weighted by Gasteiger charge is 2.03. The maximum Gasteiger partial charge on any atom is 0.129 e. The summed E-state index contributed by atoms with van der Waals surface area (Å²) in [7, 11) is 1.71. The summed E-state index contributed by atoms with van der Waals surface area (Å²) in [6.45, 7) is 5.70. The minimum absolute atomic E-state index is 0.477. The first-order valence-corrected chi connectivity index (χ1v) is 5.37. The van der Waals surface area contributed by atoms with E-state index in [-0.39, 0.29) is 0 Å². The molecule has 0 radical (unpaired) electrons. The summed E-state index contributed by atoms with van der Waals surface area (Å²) in [6, 6.07) is 3.74. The van der Waals surface area contributed by atoms with E-state index >= 15 is 0 Å². The number of methoxy groups -OCH3 is 1. The minimum Gasteiger partial charge on any atom is -0.384 e. The van der Waals surface area contributed by atoms with E-state index in [0.717, 1.165) is 24.5 Å². The zero-order valence-electron chi connectivity index (χ0n) is 9.38. The van der Waals surface area contributed by atoms with E-state index in [1.165, 1.54) is 0 Å². The van der Waals surface area contributed by atoms with Gasteiger partial charge in [0.1, 0.15) is 5.15 Å². The molecular formula is C11H17ClN2O. The summed E-state index contributed by atoms with van der Waals surface area (Å²) in [5, 5.41) is 3.85. The van der Waals surface area contributed by atoms with Gasteiger partial charge in [0, 0.05) is 13.7 Å². The third kappa shape index (κ3) is 4.06. The third-order valence-corrected chi connectivity index (χ3v) is 2.35. The highest BCUT2D eigenvalue weighted by molar-refractivity contribution is 6.29. The van der Waals surface area contributed by atoms with E-state index in [0.29, 0.717) is 11.1 Å². The van der Waals surface area contributed by atoms with E-state index in [2.05, 4.69) is 17.2 Å². The number of aromatic nitrogens is 1. The van der Waals surface area contributed by atoms with Crippen LogP contribution in [0.25, 0.3) is 0 Å². The zero-order valence-corrected chi connectivity index (χ0v) is 10.1. The first-order valence-electron chi connectivity index (χ1n) is 4.99. The number of ether oxygens (including phenoxy) is 1. The molecule has 1 N–H and O–H groups in total. The van der Waals surface area contributed by atoms with Gasteiger partial charge in [0.25, 0.3) is 0 Å². The van der Waals surface area contributed by atoms with Crippen molar-refractivity contribution in [1.29, 1.82) is 0 Å². The predicted octanol–water partition coefficient (Wildman–Crippen LogP) is 2.74. The number of aryl methyl sites for hydroxylation is 1. The molecule has 0 aliphatic heterocycles. The van der Waals surface area contributed by atoms with Crippen molar-refractivity contribution in [3.63, 3.8) is 0 Å². The van der Waals surface area contributed by atoms with Crippen LogP contribution < -0.4 is 5.32 Å². The summed E-state index contributed by atoms with van der Waals surface area (Å²) >= 11 is 5.77. The number of nitrogens with one attached hydrogen (secondary N) is 1. The lowest BCUT2D eigenvalue weighted by Crippen LogP contribution is -2.16. The Labute approximate surface area is 95.8 Å². The average molecular weight is 229 g/mol. The maximum absolute atomic E-state index is 5.77. The minimum atomic E-state index is 0.477. The molecule has 0 bridgehead atoms. The van der Waals surface area contributed by atoms with Crippen LogP contribution in [0.1, 0.15) is 12.6 Å². The number of hydrogen-bond donors (Lipinski definition) is 1. The van der Waals surface area contributed by atoms with Crippen LogP contribution in [0.4, 0.5) is 5.69 Å². The largest absolute Gasteiger partial charge is 0.384 e. The van der Waals surface area contributed by atoms with Crippen LogP contribution >= 0.6 is 11.6 Å².